The second-order valence-electron chi connectivity index (χ2n) is 2.62. The minimum absolute atomic E-state index is 0.333. The summed E-state index contributed by atoms with van der Waals surface area (Å²) in [5.41, 5.74) is 0. The lowest BCUT2D eigenvalue weighted by Crippen LogP contribution is -2.08. The van der Waals surface area contributed by atoms with E-state index in [1.807, 2.05) is 0 Å². The maximum absolute atomic E-state index is 8.85. The van der Waals surface area contributed by atoms with Gasteiger partial charge in [-0.3, -0.25) is 0 Å². The van der Waals surface area contributed by atoms with Gasteiger partial charge in [-0.05, 0) is 6.42 Å². The quantitative estimate of drug-likeness (QED) is 0.512. The van der Waals surface area contributed by atoms with E-state index >= 15 is 0 Å². The van der Waals surface area contributed by atoms with E-state index < -0.39 is 0 Å². The van der Waals surface area contributed by atoms with Crippen molar-refractivity contribution < 1.29 is 14.6 Å². The minimum atomic E-state index is -0.371. The Morgan fingerprint density at radius 3 is 3.25 bits per heavy atom. The molecule has 1 rings (SSSR count). The zero-order valence-electron chi connectivity index (χ0n) is 6.64. The molecule has 1 fully saturated rings. The highest BCUT2D eigenvalue weighted by molar-refractivity contribution is 4.87. The Morgan fingerprint density at radius 2 is 2.67 bits per heavy atom. The van der Waals surface area contributed by atoms with E-state index in [9.17, 15) is 0 Å². The molecule has 5 heteroatoms. The van der Waals surface area contributed by atoms with Crippen LogP contribution in [-0.4, -0.2) is 24.9 Å². The van der Waals surface area contributed by atoms with E-state index in [1.165, 1.54) is 0 Å². The summed E-state index contributed by atoms with van der Waals surface area (Å²) in [7, 11) is 0. The highest BCUT2D eigenvalue weighted by Gasteiger charge is 2.17. The largest absolute Gasteiger partial charge is 0.476 e. The van der Waals surface area contributed by atoms with Gasteiger partial charge >= 0.3 is 12.1 Å². The molecular formula is C7H11N2O3+. The topological polar surface area (TPSA) is 66.8 Å². The monoisotopic (exact) mass is 171 g/mol. The fourth-order valence-corrected chi connectivity index (χ4v) is 1.00. The first-order valence-corrected chi connectivity index (χ1v) is 3.77. The third kappa shape index (κ3) is 2.76. The van der Waals surface area contributed by atoms with Gasteiger partial charge in [0.2, 0.25) is 5.39 Å². The van der Waals surface area contributed by atoms with Crippen molar-refractivity contribution >= 4 is 0 Å². The molecular weight excluding hydrogens is 160 g/mol. The summed E-state index contributed by atoms with van der Waals surface area (Å²) in [6.45, 7) is 1.82. The second kappa shape index (κ2) is 4.57. The number of aliphatic hydroxyl groups is 1. The van der Waals surface area contributed by atoms with Crippen molar-refractivity contribution in [2.45, 2.75) is 6.42 Å². The van der Waals surface area contributed by atoms with Gasteiger partial charge in [0.25, 0.3) is 0 Å². The van der Waals surface area contributed by atoms with E-state index in [2.05, 4.69) is 4.98 Å². The molecule has 1 heterocycles. The molecule has 1 unspecified atom stereocenters. The predicted molar refractivity (Wildman–Crippen MR) is 40.7 cm³/mol. The number of ether oxygens (including phenoxy) is 2. The van der Waals surface area contributed by atoms with Crippen LogP contribution in [0.2, 0.25) is 0 Å². The molecule has 0 aliphatic carbocycles. The van der Waals surface area contributed by atoms with Crippen molar-refractivity contribution in [3.8, 4) is 0 Å². The molecule has 0 amide bonds. The molecule has 1 N–H and O–H groups in total. The normalized spacial score (nSPS) is 23.6. The van der Waals surface area contributed by atoms with Gasteiger partial charge in [-0.25, -0.2) is 0 Å². The van der Waals surface area contributed by atoms with Gasteiger partial charge in [0, 0.05) is 12.5 Å². The molecule has 12 heavy (non-hydrogen) atoms. The van der Waals surface area contributed by atoms with Crippen LogP contribution in [0.25, 0.3) is 4.98 Å². The number of hydrogen-bond donors (Lipinski definition) is 1. The summed E-state index contributed by atoms with van der Waals surface area (Å²) in [5, 5.41) is 16.9. The molecule has 0 radical (unpaired) electrons. The van der Waals surface area contributed by atoms with Crippen LogP contribution in [0.3, 0.4) is 0 Å². The van der Waals surface area contributed by atoms with Crippen LogP contribution in [0.4, 0.5) is 0 Å². The number of diazo groups is 1. The first-order chi connectivity index (χ1) is 5.83. The van der Waals surface area contributed by atoms with Crippen LogP contribution in [-0.2, 0) is 9.47 Å². The van der Waals surface area contributed by atoms with Crippen LogP contribution in [0.5, 0.6) is 0 Å². The van der Waals surface area contributed by atoms with E-state index in [1.54, 1.807) is 0 Å². The lowest BCUT2D eigenvalue weighted by atomic mass is 10.1. The third-order valence-corrected chi connectivity index (χ3v) is 1.66. The Morgan fingerprint density at radius 1 is 1.83 bits per heavy atom. The van der Waals surface area contributed by atoms with Crippen LogP contribution >= 0.6 is 0 Å². The lowest BCUT2D eigenvalue weighted by Gasteiger charge is -2.06. The SMILES string of the molecule is N#[N+]/C=C(\O)OCC1CCOC1. The molecule has 1 aliphatic rings. The summed E-state index contributed by atoms with van der Waals surface area (Å²) >= 11 is 0. The molecule has 0 bridgehead atoms. The highest BCUT2D eigenvalue weighted by atomic mass is 16.6. The smallest absolute Gasteiger partial charge is 0.429 e. The van der Waals surface area contributed by atoms with E-state index in [0.717, 1.165) is 19.2 Å². The molecule has 0 spiro atoms. The maximum atomic E-state index is 8.85. The average molecular weight is 171 g/mol. The zero-order chi connectivity index (χ0) is 8.81. The Bertz CT molecular complexity index is 203. The van der Waals surface area contributed by atoms with Gasteiger partial charge in [-0.2, -0.15) is 0 Å². The second-order valence-corrected chi connectivity index (χ2v) is 2.62. The van der Waals surface area contributed by atoms with Gasteiger partial charge < -0.3 is 14.6 Å². The molecule has 1 aliphatic heterocycles. The summed E-state index contributed by atoms with van der Waals surface area (Å²) in [6, 6.07) is 0. The fraction of sp³-hybridized carbons (Fsp3) is 0.714. The van der Waals surface area contributed by atoms with Crippen molar-refractivity contribution in [3.63, 3.8) is 0 Å². The summed E-state index contributed by atoms with van der Waals surface area (Å²) in [4.78, 5) is 2.61. The number of aliphatic hydroxyl groups excluding tert-OH is 1. The Balaban J connectivity index is 2.17. The van der Waals surface area contributed by atoms with Gasteiger partial charge in [0.15, 0.2) is 4.98 Å². The molecule has 0 aromatic carbocycles. The molecule has 66 valence electrons. The van der Waals surface area contributed by atoms with Crippen LogP contribution in [0.1, 0.15) is 6.42 Å². The van der Waals surface area contributed by atoms with Crippen LogP contribution < -0.4 is 0 Å². The van der Waals surface area contributed by atoms with Crippen LogP contribution in [0.15, 0.2) is 12.1 Å². The van der Waals surface area contributed by atoms with Crippen molar-refractivity contribution in [1.29, 1.82) is 5.39 Å². The van der Waals surface area contributed by atoms with E-state index in [0.29, 0.717) is 19.1 Å². The Labute approximate surface area is 70.2 Å². The highest BCUT2D eigenvalue weighted by Crippen LogP contribution is 2.13. The molecule has 0 saturated carbocycles. The van der Waals surface area contributed by atoms with Crippen molar-refractivity contribution in [2.24, 2.45) is 5.92 Å². The average Bonchev–Trinajstić information content (AvgIpc) is 2.53. The molecule has 5 nitrogen and oxygen atoms in total. The number of rotatable bonds is 3. The maximum Gasteiger partial charge on any atom is 0.429 e. The zero-order valence-corrected chi connectivity index (χ0v) is 6.64. The van der Waals surface area contributed by atoms with Crippen molar-refractivity contribution in [1.82, 2.24) is 0 Å². The summed E-state index contributed by atoms with van der Waals surface area (Å²) in [6.07, 6.45) is 1.79. The van der Waals surface area contributed by atoms with E-state index in [4.69, 9.17) is 20.0 Å². The van der Waals surface area contributed by atoms with Gasteiger partial charge in [0.1, 0.15) is 0 Å². The Hall–Kier alpha value is -1.28. The molecule has 1 saturated heterocycles. The van der Waals surface area contributed by atoms with Gasteiger partial charge in [-0.15, -0.1) is 0 Å². The first-order valence-electron chi connectivity index (χ1n) is 3.77. The number of nitrogens with zero attached hydrogens (tertiary/aromatic N) is 2. The fourth-order valence-electron chi connectivity index (χ4n) is 1.00. The number of hydrogen-bond acceptors (Lipinski definition) is 4. The van der Waals surface area contributed by atoms with Gasteiger partial charge in [-0.1, -0.05) is 0 Å². The summed E-state index contributed by atoms with van der Waals surface area (Å²) in [5.74, 6) is -0.0383. The minimum Gasteiger partial charge on any atom is -0.476 e. The third-order valence-electron chi connectivity index (χ3n) is 1.66. The Kier molecular flexibility index (Phi) is 3.35. The molecule has 0 aromatic heterocycles. The predicted octanol–water partition coefficient (Wildman–Crippen LogP) is 1.25. The van der Waals surface area contributed by atoms with Crippen molar-refractivity contribution in [2.75, 3.05) is 19.8 Å². The molecule has 0 aromatic rings. The summed E-state index contributed by atoms with van der Waals surface area (Å²) < 4.78 is 9.94. The first kappa shape index (κ1) is 8.81. The molecule has 1 atom stereocenters. The standard InChI is InChI=1S/C7H10N2O3/c8-9-3-7(10)12-5-6-1-2-11-4-6/h3,6H,1-2,4-5H2/p+1/b7-3+. The van der Waals surface area contributed by atoms with Crippen LogP contribution in [0, 0.1) is 11.3 Å². The lowest BCUT2D eigenvalue weighted by molar-refractivity contribution is 0.0646. The van der Waals surface area contributed by atoms with Gasteiger partial charge in [0.05, 0.1) is 13.2 Å². The van der Waals surface area contributed by atoms with Crippen molar-refractivity contribution in [3.05, 3.63) is 17.1 Å². The van der Waals surface area contributed by atoms with E-state index in [-0.39, 0.29) is 5.95 Å².